The van der Waals surface area contributed by atoms with Crippen LogP contribution in [0.3, 0.4) is 0 Å². The Bertz CT molecular complexity index is 545. The van der Waals surface area contributed by atoms with E-state index in [2.05, 4.69) is 10.4 Å². The highest BCUT2D eigenvalue weighted by Gasteiger charge is 2.25. The van der Waals surface area contributed by atoms with E-state index in [4.69, 9.17) is 4.74 Å². The molecule has 1 aromatic rings. The molecule has 1 aromatic heterocycles. The summed E-state index contributed by atoms with van der Waals surface area (Å²) in [5, 5.41) is 7.07. The van der Waals surface area contributed by atoms with Crippen LogP contribution in [0.2, 0.25) is 0 Å². The van der Waals surface area contributed by atoms with Crippen molar-refractivity contribution in [3.8, 4) is 0 Å². The van der Waals surface area contributed by atoms with Gasteiger partial charge in [0.2, 0.25) is 5.91 Å². The number of nitrogens with zero attached hydrogens (tertiary/aromatic N) is 2. The molecule has 20 heavy (non-hydrogen) atoms. The fourth-order valence-electron chi connectivity index (χ4n) is 2.40. The number of hydrogen-bond donors (Lipinski definition) is 1. The maximum atomic E-state index is 11.9. The summed E-state index contributed by atoms with van der Waals surface area (Å²) in [7, 11) is 0. The molecule has 1 N–H and O–H groups in total. The van der Waals surface area contributed by atoms with Gasteiger partial charge in [-0.05, 0) is 31.7 Å². The van der Waals surface area contributed by atoms with Gasteiger partial charge in [-0.15, -0.1) is 0 Å². The van der Waals surface area contributed by atoms with Crippen molar-refractivity contribution in [2.75, 3.05) is 13.2 Å². The Kier molecular flexibility index (Phi) is 3.82. The summed E-state index contributed by atoms with van der Waals surface area (Å²) in [4.78, 5) is 23.6. The molecular formula is C14H19N3O3. The Morgan fingerprint density at radius 2 is 2.25 bits per heavy atom. The van der Waals surface area contributed by atoms with Crippen molar-refractivity contribution < 1.29 is 9.53 Å². The Labute approximate surface area is 117 Å². The van der Waals surface area contributed by atoms with Crippen LogP contribution in [0.5, 0.6) is 0 Å². The van der Waals surface area contributed by atoms with Crippen molar-refractivity contribution >= 4 is 5.91 Å². The minimum atomic E-state index is -0.235. The SMILES string of the molecule is O=C(Cn1nc(C2CC2)ccc1=O)NC[C@@H]1CCCO1. The van der Waals surface area contributed by atoms with Crippen LogP contribution in [0.4, 0.5) is 0 Å². The van der Waals surface area contributed by atoms with E-state index in [0.717, 1.165) is 38.0 Å². The Morgan fingerprint density at radius 3 is 2.95 bits per heavy atom. The number of rotatable bonds is 5. The van der Waals surface area contributed by atoms with E-state index in [1.807, 2.05) is 0 Å². The standard InChI is InChI=1S/C14H19N3O3/c18-13(15-8-11-2-1-7-20-11)9-17-14(19)6-5-12(16-17)10-3-4-10/h5-6,10-11H,1-4,7-9H2,(H,15,18)/t11-/m0/s1. The van der Waals surface area contributed by atoms with Gasteiger partial charge < -0.3 is 10.1 Å². The monoisotopic (exact) mass is 277 g/mol. The lowest BCUT2D eigenvalue weighted by molar-refractivity contribution is -0.122. The fraction of sp³-hybridized carbons (Fsp3) is 0.643. The van der Waals surface area contributed by atoms with Gasteiger partial charge >= 0.3 is 0 Å². The van der Waals surface area contributed by atoms with Crippen LogP contribution in [-0.2, 0) is 16.1 Å². The number of aromatic nitrogens is 2. The Balaban J connectivity index is 1.57. The maximum Gasteiger partial charge on any atom is 0.267 e. The molecule has 1 aliphatic heterocycles. The summed E-state index contributed by atoms with van der Waals surface area (Å²) < 4.78 is 6.69. The number of hydrogen-bond acceptors (Lipinski definition) is 4. The topological polar surface area (TPSA) is 73.2 Å². The van der Waals surface area contributed by atoms with E-state index in [1.54, 1.807) is 6.07 Å². The molecule has 2 fully saturated rings. The second kappa shape index (κ2) is 5.75. The Morgan fingerprint density at radius 1 is 1.40 bits per heavy atom. The third-order valence-electron chi connectivity index (χ3n) is 3.73. The molecule has 1 amide bonds. The summed E-state index contributed by atoms with van der Waals surface area (Å²) in [6.45, 7) is 1.26. The lowest BCUT2D eigenvalue weighted by Gasteiger charge is -2.11. The van der Waals surface area contributed by atoms with Crippen molar-refractivity contribution in [1.29, 1.82) is 0 Å². The molecule has 6 nitrogen and oxygen atoms in total. The quantitative estimate of drug-likeness (QED) is 0.846. The van der Waals surface area contributed by atoms with E-state index in [0.29, 0.717) is 12.5 Å². The van der Waals surface area contributed by atoms with Gasteiger partial charge in [0.1, 0.15) is 6.54 Å². The molecule has 6 heteroatoms. The third kappa shape index (κ3) is 3.25. The lowest BCUT2D eigenvalue weighted by Crippen LogP contribution is -2.37. The summed E-state index contributed by atoms with van der Waals surface area (Å²) in [6.07, 6.45) is 4.38. The van der Waals surface area contributed by atoms with E-state index in [1.165, 1.54) is 10.7 Å². The number of carbonyl (C=O) groups is 1. The second-order valence-electron chi connectivity index (χ2n) is 5.47. The number of amides is 1. The smallest absolute Gasteiger partial charge is 0.267 e. The lowest BCUT2D eigenvalue weighted by atomic mass is 10.2. The van der Waals surface area contributed by atoms with Crippen LogP contribution in [0, 0.1) is 0 Å². The molecule has 108 valence electrons. The predicted octanol–water partition coefficient (Wildman–Crippen LogP) is 0.416. The van der Waals surface area contributed by atoms with Crippen LogP contribution in [0.1, 0.15) is 37.3 Å². The van der Waals surface area contributed by atoms with E-state index in [9.17, 15) is 9.59 Å². The van der Waals surface area contributed by atoms with Gasteiger partial charge in [-0.2, -0.15) is 5.10 Å². The minimum absolute atomic E-state index is 0.0217. The molecule has 1 atom stereocenters. The number of ether oxygens (including phenoxy) is 1. The zero-order valence-corrected chi connectivity index (χ0v) is 11.4. The van der Waals surface area contributed by atoms with E-state index < -0.39 is 0 Å². The third-order valence-corrected chi connectivity index (χ3v) is 3.73. The van der Waals surface area contributed by atoms with Crippen LogP contribution in [0.15, 0.2) is 16.9 Å². The molecule has 0 aromatic carbocycles. The van der Waals surface area contributed by atoms with Crippen LogP contribution in [-0.4, -0.2) is 34.9 Å². The van der Waals surface area contributed by atoms with Crippen LogP contribution < -0.4 is 10.9 Å². The van der Waals surface area contributed by atoms with Gasteiger partial charge in [-0.3, -0.25) is 9.59 Å². The molecule has 0 bridgehead atoms. The molecule has 0 unspecified atom stereocenters. The van der Waals surface area contributed by atoms with Gasteiger partial charge in [0.05, 0.1) is 11.8 Å². The molecular weight excluding hydrogens is 258 g/mol. The largest absolute Gasteiger partial charge is 0.376 e. The first-order valence-corrected chi connectivity index (χ1v) is 7.19. The second-order valence-corrected chi connectivity index (χ2v) is 5.47. The van der Waals surface area contributed by atoms with Crippen molar-refractivity contribution in [2.24, 2.45) is 0 Å². The molecule has 0 radical (unpaired) electrons. The molecule has 2 heterocycles. The van der Waals surface area contributed by atoms with E-state index in [-0.39, 0.29) is 24.1 Å². The Hall–Kier alpha value is -1.69. The van der Waals surface area contributed by atoms with Crippen molar-refractivity contribution in [1.82, 2.24) is 15.1 Å². The highest BCUT2D eigenvalue weighted by molar-refractivity contribution is 5.75. The van der Waals surface area contributed by atoms with Gasteiger partial charge in [0, 0.05) is 25.1 Å². The number of nitrogens with one attached hydrogen (secondary N) is 1. The predicted molar refractivity (Wildman–Crippen MR) is 72.5 cm³/mol. The zero-order valence-electron chi connectivity index (χ0n) is 11.4. The van der Waals surface area contributed by atoms with Gasteiger partial charge in [0.15, 0.2) is 0 Å². The average molecular weight is 277 g/mol. The van der Waals surface area contributed by atoms with Gasteiger partial charge in [-0.1, -0.05) is 0 Å². The molecule has 2 aliphatic rings. The van der Waals surface area contributed by atoms with E-state index >= 15 is 0 Å². The first kappa shape index (κ1) is 13.3. The first-order chi connectivity index (χ1) is 9.72. The van der Waals surface area contributed by atoms with Crippen LogP contribution >= 0.6 is 0 Å². The minimum Gasteiger partial charge on any atom is -0.376 e. The summed E-state index contributed by atoms with van der Waals surface area (Å²) in [5.74, 6) is 0.278. The highest BCUT2D eigenvalue weighted by Crippen LogP contribution is 2.38. The highest BCUT2D eigenvalue weighted by atomic mass is 16.5. The molecule has 0 spiro atoms. The fourth-order valence-corrected chi connectivity index (χ4v) is 2.40. The molecule has 1 saturated heterocycles. The van der Waals surface area contributed by atoms with Crippen molar-refractivity contribution in [2.45, 2.75) is 44.2 Å². The van der Waals surface area contributed by atoms with Gasteiger partial charge in [0.25, 0.3) is 5.56 Å². The van der Waals surface area contributed by atoms with Crippen molar-refractivity contribution in [3.05, 3.63) is 28.2 Å². The summed E-state index contributed by atoms with van der Waals surface area (Å²) >= 11 is 0. The van der Waals surface area contributed by atoms with Gasteiger partial charge in [-0.25, -0.2) is 4.68 Å². The van der Waals surface area contributed by atoms with Crippen molar-refractivity contribution in [3.63, 3.8) is 0 Å². The molecule has 3 rings (SSSR count). The van der Waals surface area contributed by atoms with Crippen LogP contribution in [0.25, 0.3) is 0 Å². The number of carbonyl (C=O) groups excluding carboxylic acids is 1. The summed E-state index contributed by atoms with van der Waals surface area (Å²) in [6, 6.07) is 3.26. The first-order valence-electron chi connectivity index (χ1n) is 7.19. The average Bonchev–Trinajstić information content (AvgIpc) is 3.15. The molecule has 1 aliphatic carbocycles. The molecule has 1 saturated carbocycles. The zero-order chi connectivity index (χ0) is 13.9. The maximum absolute atomic E-state index is 11.9. The normalized spacial score (nSPS) is 21.9. The summed E-state index contributed by atoms with van der Waals surface area (Å²) in [5.41, 5.74) is 0.679.